The number of ether oxygens (including phenoxy) is 1. The molecule has 1 aromatic heterocycles. The van der Waals surface area contributed by atoms with Crippen molar-refractivity contribution in [3.63, 3.8) is 0 Å². The molecule has 0 saturated carbocycles. The van der Waals surface area contributed by atoms with Crippen molar-refractivity contribution < 1.29 is 27.8 Å². The van der Waals surface area contributed by atoms with Crippen LogP contribution < -0.4 is 0 Å². The summed E-state index contributed by atoms with van der Waals surface area (Å²) >= 11 is 0. The first-order chi connectivity index (χ1) is 7.95. The molecule has 96 valence electrons. The Bertz CT molecular complexity index is 378. The molecular formula is C8H10F3N3O3. The maximum absolute atomic E-state index is 12.0. The quantitative estimate of drug-likeness (QED) is 0.571. The largest absolute Gasteiger partial charge is 0.456 e. The maximum atomic E-state index is 12.0. The van der Waals surface area contributed by atoms with Crippen LogP contribution in [0.3, 0.4) is 0 Å². The lowest BCUT2D eigenvalue weighted by molar-refractivity contribution is -0.0888. The molecule has 1 heterocycles. The van der Waals surface area contributed by atoms with Gasteiger partial charge in [-0.3, -0.25) is 4.79 Å². The Morgan fingerprint density at radius 2 is 2.18 bits per heavy atom. The number of rotatable bonds is 6. The van der Waals surface area contributed by atoms with Gasteiger partial charge in [0.2, 0.25) is 0 Å². The number of aliphatic hydroxyl groups is 1. The minimum absolute atomic E-state index is 0.128. The number of hydrogen-bond acceptors (Lipinski definition) is 5. The molecular weight excluding hydrogens is 243 g/mol. The molecule has 0 saturated heterocycles. The van der Waals surface area contributed by atoms with Gasteiger partial charge in [-0.15, -0.1) is 5.10 Å². The molecule has 9 heteroatoms. The van der Waals surface area contributed by atoms with E-state index in [9.17, 15) is 18.0 Å². The average molecular weight is 253 g/mol. The average Bonchev–Trinajstić information content (AvgIpc) is 2.70. The fourth-order valence-corrected chi connectivity index (χ4v) is 0.982. The second-order valence-electron chi connectivity index (χ2n) is 3.03. The summed E-state index contributed by atoms with van der Waals surface area (Å²) in [7, 11) is 0. The van der Waals surface area contributed by atoms with E-state index in [1.54, 1.807) is 0 Å². The zero-order chi connectivity index (χ0) is 12.9. The van der Waals surface area contributed by atoms with Crippen molar-refractivity contribution in [2.75, 3.05) is 19.8 Å². The Hall–Kier alpha value is -1.48. The normalized spacial score (nSPS) is 11.8. The highest BCUT2D eigenvalue weighted by Gasteiger charge is 2.41. The molecule has 0 radical (unpaired) electrons. The first kappa shape index (κ1) is 13.6. The Balaban J connectivity index is 2.51. The van der Waals surface area contributed by atoms with E-state index in [2.05, 4.69) is 10.3 Å². The fraction of sp³-hybridized carbons (Fsp3) is 0.625. The molecule has 0 bridgehead atoms. The van der Waals surface area contributed by atoms with Crippen LogP contribution in [0, 0.1) is 0 Å². The van der Waals surface area contributed by atoms with E-state index in [4.69, 9.17) is 9.84 Å². The minimum Gasteiger partial charge on any atom is -0.394 e. The van der Waals surface area contributed by atoms with E-state index < -0.39 is 17.7 Å². The lowest BCUT2D eigenvalue weighted by Crippen LogP contribution is -2.23. The van der Waals surface area contributed by atoms with E-state index in [-0.39, 0.29) is 26.4 Å². The minimum atomic E-state index is -4.95. The van der Waals surface area contributed by atoms with Gasteiger partial charge in [-0.05, 0) is 0 Å². The standard InChI is InChI=1S/C8H10F3N3O3/c9-8(10,11)7(16)6-5-14(13-12-6)1-3-17-4-2-15/h5,15H,1-4H2. The summed E-state index contributed by atoms with van der Waals surface area (Å²) < 4.78 is 42.0. The first-order valence-electron chi connectivity index (χ1n) is 4.65. The summed E-state index contributed by atoms with van der Waals surface area (Å²) in [5.74, 6) is -2.03. The third kappa shape index (κ3) is 4.11. The van der Waals surface area contributed by atoms with Crippen LogP contribution in [0.2, 0.25) is 0 Å². The highest BCUT2D eigenvalue weighted by molar-refractivity contribution is 5.98. The lowest BCUT2D eigenvalue weighted by atomic mass is 10.3. The first-order valence-corrected chi connectivity index (χ1v) is 4.65. The number of halogens is 3. The van der Waals surface area contributed by atoms with Crippen LogP contribution in [-0.4, -0.2) is 51.9 Å². The highest BCUT2D eigenvalue weighted by Crippen LogP contribution is 2.19. The zero-order valence-electron chi connectivity index (χ0n) is 8.65. The van der Waals surface area contributed by atoms with Gasteiger partial charge < -0.3 is 9.84 Å². The zero-order valence-corrected chi connectivity index (χ0v) is 8.65. The molecule has 1 rings (SSSR count). The van der Waals surface area contributed by atoms with E-state index in [1.807, 2.05) is 0 Å². The monoisotopic (exact) mass is 253 g/mol. The predicted octanol–water partition coefficient (Wildman–Crippen LogP) is 0.0320. The van der Waals surface area contributed by atoms with Gasteiger partial charge >= 0.3 is 6.18 Å². The van der Waals surface area contributed by atoms with E-state index in [1.165, 1.54) is 0 Å². The maximum Gasteiger partial charge on any atom is 0.456 e. The number of ketones is 1. The molecule has 0 amide bonds. The molecule has 0 spiro atoms. The highest BCUT2D eigenvalue weighted by atomic mass is 19.4. The van der Waals surface area contributed by atoms with Gasteiger partial charge in [0.1, 0.15) is 0 Å². The van der Waals surface area contributed by atoms with Gasteiger partial charge in [-0.1, -0.05) is 5.21 Å². The number of nitrogens with zero attached hydrogens (tertiary/aromatic N) is 3. The van der Waals surface area contributed by atoms with Crippen molar-refractivity contribution in [2.45, 2.75) is 12.7 Å². The van der Waals surface area contributed by atoms with Crippen LogP contribution in [0.15, 0.2) is 6.20 Å². The predicted molar refractivity (Wildman–Crippen MR) is 48.3 cm³/mol. The van der Waals surface area contributed by atoms with Gasteiger partial charge in [0.15, 0.2) is 5.69 Å². The number of aliphatic hydroxyl groups excluding tert-OH is 1. The number of carbonyl (C=O) groups is 1. The van der Waals surface area contributed by atoms with Crippen LogP contribution in [-0.2, 0) is 11.3 Å². The molecule has 0 aliphatic rings. The van der Waals surface area contributed by atoms with E-state index >= 15 is 0 Å². The summed E-state index contributed by atoms with van der Waals surface area (Å²) in [4.78, 5) is 10.8. The van der Waals surface area contributed by atoms with Gasteiger partial charge in [0.05, 0.1) is 32.6 Å². The second kappa shape index (κ2) is 5.73. The van der Waals surface area contributed by atoms with Crippen LogP contribution in [0.5, 0.6) is 0 Å². The van der Waals surface area contributed by atoms with Crippen molar-refractivity contribution in [3.8, 4) is 0 Å². The second-order valence-corrected chi connectivity index (χ2v) is 3.03. The van der Waals surface area contributed by atoms with Crippen LogP contribution >= 0.6 is 0 Å². The molecule has 0 unspecified atom stereocenters. The number of Topliss-reactive ketones (excluding diaryl/α,β-unsaturated/α-hetero) is 1. The molecule has 1 aromatic rings. The third-order valence-corrected chi connectivity index (χ3v) is 1.73. The molecule has 6 nitrogen and oxygen atoms in total. The molecule has 0 fully saturated rings. The molecule has 0 atom stereocenters. The van der Waals surface area contributed by atoms with E-state index in [0.29, 0.717) is 0 Å². The third-order valence-electron chi connectivity index (χ3n) is 1.73. The molecule has 1 N–H and O–H groups in total. The number of hydrogen-bond donors (Lipinski definition) is 1. The summed E-state index contributed by atoms with van der Waals surface area (Å²) in [6.45, 7) is 0.292. The van der Waals surface area contributed by atoms with Crippen LogP contribution in [0.25, 0.3) is 0 Å². The molecule has 0 aromatic carbocycles. The smallest absolute Gasteiger partial charge is 0.394 e. The van der Waals surface area contributed by atoms with Crippen molar-refractivity contribution in [1.82, 2.24) is 15.0 Å². The van der Waals surface area contributed by atoms with Gasteiger partial charge in [-0.25, -0.2) is 4.68 Å². The van der Waals surface area contributed by atoms with Crippen molar-refractivity contribution in [2.24, 2.45) is 0 Å². The molecule has 17 heavy (non-hydrogen) atoms. The van der Waals surface area contributed by atoms with Gasteiger partial charge in [-0.2, -0.15) is 13.2 Å². The SMILES string of the molecule is O=C(c1cn(CCOCCO)nn1)C(F)(F)F. The van der Waals surface area contributed by atoms with Crippen LogP contribution in [0.4, 0.5) is 13.2 Å². The topological polar surface area (TPSA) is 77.2 Å². The van der Waals surface area contributed by atoms with Crippen molar-refractivity contribution >= 4 is 5.78 Å². The Labute approximate surface area is 94.0 Å². The summed E-state index contributed by atoms with van der Waals surface area (Å²) in [5.41, 5.74) is -0.750. The lowest BCUT2D eigenvalue weighted by Gasteiger charge is -2.01. The fourth-order valence-electron chi connectivity index (χ4n) is 0.982. The number of aromatic nitrogens is 3. The molecule has 0 aliphatic carbocycles. The summed E-state index contributed by atoms with van der Waals surface area (Å²) in [6.07, 6.45) is -4.05. The van der Waals surface area contributed by atoms with Gasteiger partial charge in [0.25, 0.3) is 5.78 Å². The number of carbonyl (C=O) groups excluding carboxylic acids is 1. The number of alkyl halides is 3. The van der Waals surface area contributed by atoms with Gasteiger partial charge in [0, 0.05) is 0 Å². The Morgan fingerprint density at radius 1 is 1.47 bits per heavy atom. The summed E-state index contributed by atoms with van der Waals surface area (Å²) in [6, 6.07) is 0. The van der Waals surface area contributed by atoms with Crippen molar-refractivity contribution in [1.29, 1.82) is 0 Å². The summed E-state index contributed by atoms with van der Waals surface area (Å²) in [5, 5.41) is 14.9. The molecule has 0 aliphatic heterocycles. The Kier molecular flexibility index (Phi) is 4.58. The van der Waals surface area contributed by atoms with E-state index in [0.717, 1.165) is 10.9 Å². The van der Waals surface area contributed by atoms with Crippen molar-refractivity contribution in [3.05, 3.63) is 11.9 Å². The van der Waals surface area contributed by atoms with Crippen LogP contribution in [0.1, 0.15) is 10.5 Å². The Morgan fingerprint density at radius 3 is 2.76 bits per heavy atom.